The van der Waals surface area contributed by atoms with E-state index in [9.17, 15) is 19.7 Å². The van der Waals surface area contributed by atoms with E-state index in [1.807, 2.05) is 0 Å². The average molecular weight is 341 g/mol. The third-order valence-electron chi connectivity index (χ3n) is 3.00. The number of nitrogens with zero attached hydrogens (tertiary/aromatic N) is 3. The Balaban J connectivity index is 1.90. The van der Waals surface area contributed by atoms with Gasteiger partial charge in [0.1, 0.15) is 5.69 Å². The van der Waals surface area contributed by atoms with Crippen LogP contribution in [-0.2, 0) is 4.79 Å². The van der Waals surface area contributed by atoms with E-state index in [1.54, 1.807) is 25.1 Å². The summed E-state index contributed by atoms with van der Waals surface area (Å²) >= 11 is 0. The fourth-order valence-electron chi connectivity index (χ4n) is 1.87. The highest BCUT2D eigenvalue weighted by Gasteiger charge is 2.10. The number of anilines is 1. The topological polar surface area (TPSA) is 127 Å². The largest absolute Gasteiger partial charge is 0.326 e. The van der Waals surface area contributed by atoms with Crippen LogP contribution in [0.4, 0.5) is 11.4 Å². The second-order valence-corrected chi connectivity index (χ2v) is 5.04. The van der Waals surface area contributed by atoms with Crippen molar-refractivity contribution in [2.24, 2.45) is 5.10 Å². The maximum Gasteiger partial charge on any atom is 0.289 e. The fourth-order valence-corrected chi connectivity index (χ4v) is 1.87. The third kappa shape index (κ3) is 5.50. The summed E-state index contributed by atoms with van der Waals surface area (Å²) in [7, 11) is 0. The standard InChI is InChI=1S/C16H15N5O4/c1-11(19-20-16(23)14-7-2-3-8-17-14)9-15(22)18-12-5-4-6-13(10-12)21(24)25/h2-8,10H,9H2,1H3,(H,18,22)(H,20,23). The number of non-ortho nitro benzene ring substituents is 1. The van der Waals surface area contributed by atoms with Crippen molar-refractivity contribution in [2.75, 3.05) is 5.32 Å². The second kappa shape index (κ2) is 8.29. The van der Waals surface area contributed by atoms with E-state index in [0.29, 0.717) is 11.4 Å². The van der Waals surface area contributed by atoms with Gasteiger partial charge in [-0.15, -0.1) is 0 Å². The fraction of sp³-hybridized carbons (Fsp3) is 0.125. The molecule has 2 rings (SSSR count). The van der Waals surface area contributed by atoms with E-state index in [-0.39, 0.29) is 17.8 Å². The first-order chi connectivity index (χ1) is 12.0. The summed E-state index contributed by atoms with van der Waals surface area (Å²) in [5.74, 6) is -0.895. The van der Waals surface area contributed by atoms with Crippen LogP contribution in [0.3, 0.4) is 0 Å². The van der Waals surface area contributed by atoms with Crippen LogP contribution in [0.1, 0.15) is 23.8 Å². The number of hydrazone groups is 1. The highest BCUT2D eigenvalue weighted by atomic mass is 16.6. The van der Waals surface area contributed by atoms with Crippen molar-refractivity contribution in [1.29, 1.82) is 0 Å². The Labute approximate surface area is 142 Å². The molecule has 0 bridgehead atoms. The predicted molar refractivity (Wildman–Crippen MR) is 91.2 cm³/mol. The summed E-state index contributed by atoms with van der Waals surface area (Å²) in [6.07, 6.45) is 1.41. The lowest BCUT2D eigenvalue weighted by Crippen LogP contribution is -2.22. The van der Waals surface area contributed by atoms with E-state index in [4.69, 9.17) is 0 Å². The van der Waals surface area contributed by atoms with Gasteiger partial charge < -0.3 is 5.32 Å². The van der Waals surface area contributed by atoms with Gasteiger partial charge in [-0.2, -0.15) is 5.10 Å². The predicted octanol–water partition coefficient (Wildman–Crippen LogP) is 2.12. The van der Waals surface area contributed by atoms with Crippen LogP contribution in [0.2, 0.25) is 0 Å². The molecule has 0 saturated heterocycles. The number of nitro groups is 1. The van der Waals surface area contributed by atoms with E-state index in [1.165, 1.54) is 30.5 Å². The molecule has 128 valence electrons. The summed E-state index contributed by atoms with van der Waals surface area (Å²) < 4.78 is 0. The first kappa shape index (κ1) is 17.7. The van der Waals surface area contributed by atoms with Crippen LogP contribution in [0.25, 0.3) is 0 Å². The van der Waals surface area contributed by atoms with Gasteiger partial charge in [-0.3, -0.25) is 24.7 Å². The quantitative estimate of drug-likeness (QED) is 0.473. The van der Waals surface area contributed by atoms with Gasteiger partial charge in [0, 0.05) is 29.7 Å². The van der Waals surface area contributed by atoms with Gasteiger partial charge in [0.2, 0.25) is 5.91 Å². The third-order valence-corrected chi connectivity index (χ3v) is 3.00. The van der Waals surface area contributed by atoms with E-state index < -0.39 is 16.7 Å². The molecule has 9 nitrogen and oxygen atoms in total. The number of carbonyl (C=O) groups is 2. The van der Waals surface area contributed by atoms with Crippen LogP contribution in [0.5, 0.6) is 0 Å². The molecule has 2 N–H and O–H groups in total. The first-order valence-corrected chi connectivity index (χ1v) is 7.24. The number of carbonyl (C=O) groups excluding carboxylic acids is 2. The van der Waals surface area contributed by atoms with Crippen molar-refractivity contribution in [2.45, 2.75) is 13.3 Å². The van der Waals surface area contributed by atoms with Crippen LogP contribution in [0, 0.1) is 10.1 Å². The summed E-state index contributed by atoms with van der Waals surface area (Å²) in [5, 5.41) is 17.1. The SMILES string of the molecule is CC(CC(=O)Nc1cccc([N+](=O)[O-])c1)=NNC(=O)c1ccccn1. The summed E-state index contributed by atoms with van der Waals surface area (Å²) in [5.41, 5.74) is 3.08. The monoisotopic (exact) mass is 341 g/mol. The lowest BCUT2D eigenvalue weighted by atomic mass is 10.2. The lowest BCUT2D eigenvalue weighted by Gasteiger charge is -2.05. The average Bonchev–Trinajstić information content (AvgIpc) is 2.60. The minimum Gasteiger partial charge on any atom is -0.326 e. The molecular formula is C16H15N5O4. The molecule has 0 aliphatic carbocycles. The molecule has 9 heteroatoms. The normalized spacial score (nSPS) is 10.8. The zero-order chi connectivity index (χ0) is 18.2. The van der Waals surface area contributed by atoms with Gasteiger partial charge in [0.15, 0.2) is 0 Å². The van der Waals surface area contributed by atoms with E-state index in [2.05, 4.69) is 20.8 Å². The molecule has 0 spiro atoms. The van der Waals surface area contributed by atoms with E-state index >= 15 is 0 Å². The Morgan fingerprint density at radius 1 is 1.24 bits per heavy atom. The lowest BCUT2D eigenvalue weighted by molar-refractivity contribution is -0.384. The molecule has 0 aliphatic heterocycles. The minimum absolute atomic E-state index is 0.0782. The van der Waals surface area contributed by atoms with Crippen molar-refractivity contribution in [3.8, 4) is 0 Å². The first-order valence-electron chi connectivity index (χ1n) is 7.24. The highest BCUT2D eigenvalue weighted by molar-refractivity contribution is 6.06. The van der Waals surface area contributed by atoms with Crippen molar-refractivity contribution in [3.63, 3.8) is 0 Å². The Morgan fingerprint density at radius 2 is 2.04 bits per heavy atom. The van der Waals surface area contributed by atoms with Gasteiger partial charge in [-0.1, -0.05) is 12.1 Å². The molecule has 25 heavy (non-hydrogen) atoms. The van der Waals surface area contributed by atoms with Gasteiger partial charge in [-0.25, -0.2) is 5.43 Å². The molecular weight excluding hydrogens is 326 g/mol. The molecule has 1 aromatic heterocycles. The zero-order valence-corrected chi connectivity index (χ0v) is 13.3. The second-order valence-electron chi connectivity index (χ2n) is 5.04. The molecule has 0 unspecified atom stereocenters. The van der Waals surface area contributed by atoms with Crippen molar-refractivity contribution >= 4 is 28.9 Å². The summed E-state index contributed by atoms with van der Waals surface area (Å²) in [6.45, 7) is 1.58. The summed E-state index contributed by atoms with van der Waals surface area (Å²) in [6, 6.07) is 10.5. The zero-order valence-electron chi connectivity index (χ0n) is 13.3. The van der Waals surface area contributed by atoms with Crippen molar-refractivity contribution in [3.05, 3.63) is 64.5 Å². The number of aromatic nitrogens is 1. The number of hydrogen-bond acceptors (Lipinski definition) is 6. The Bertz CT molecular complexity index is 820. The molecule has 1 aromatic carbocycles. The van der Waals surface area contributed by atoms with Crippen LogP contribution >= 0.6 is 0 Å². The van der Waals surface area contributed by atoms with E-state index in [0.717, 1.165) is 0 Å². The maximum absolute atomic E-state index is 11.9. The number of rotatable bonds is 6. The van der Waals surface area contributed by atoms with Gasteiger partial charge >= 0.3 is 0 Å². The molecule has 2 amide bonds. The minimum atomic E-state index is -0.546. The molecule has 0 aliphatic rings. The number of benzene rings is 1. The molecule has 0 fully saturated rings. The van der Waals surface area contributed by atoms with Crippen LogP contribution in [0.15, 0.2) is 53.8 Å². The molecule has 0 saturated carbocycles. The molecule has 1 heterocycles. The van der Waals surface area contributed by atoms with Crippen molar-refractivity contribution < 1.29 is 14.5 Å². The Kier molecular flexibility index (Phi) is 5.88. The smallest absolute Gasteiger partial charge is 0.289 e. The number of amides is 2. The van der Waals surface area contributed by atoms with Gasteiger partial charge in [0.05, 0.1) is 11.3 Å². The number of nitro benzene ring substituents is 1. The molecule has 0 radical (unpaired) electrons. The van der Waals surface area contributed by atoms with Gasteiger partial charge in [-0.05, 0) is 25.1 Å². The highest BCUT2D eigenvalue weighted by Crippen LogP contribution is 2.17. The Hall–Kier alpha value is -3.62. The number of hydrogen-bond donors (Lipinski definition) is 2. The van der Waals surface area contributed by atoms with Crippen molar-refractivity contribution in [1.82, 2.24) is 10.4 Å². The number of nitrogens with one attached hydrogen (secondary N) is 2. The van der Waals surface area contributed by atoms with Crippen LogP contribution < -0.4 is 10.7 Å². The summed E-state index contributed by atoms with van der Waals surface area (Å²) in [4.78, 5) is 37.8. The Morgan fingerprint density at radius 3 is 2.72 bits per heavy atom. The molecule has 0 atom stereocenters. The molecule has 2 aromatic rings. The van der Waals surface area contributed by atoms with Crippen LogP contribution in [-0.4, -0.2) is 27.4 Å². The van der Waals surface area contributed by atoms with Gasteiger partial charge in [0.25, 0.3) is 11.6 Å². The number of pyridine rings is 1. The maximum atomic E-state index is 11.9.